The molecule has 140 valence electrons. The molecule has 0 spiro atoms. The molecule has 0 aliphatic carbocycles. The number of amides is 1. The van der Waals surface area contributed by atoms with Crippen LogP contribution in [-0.4, -0.2) is 74.7 Å². The largest absolute Gasteiger partial charge is 0.493 e. The molecule has 1 saturated heterocycles. The Morgan fingerprint density at radius 2 is 1.80 bits per heavy atom. The minimum Gasteiger partial charge on any atom is -0.493 e. The lowest BCUT2D eigenvalue weighted by Gasteiger charge is -2.35. The summed E-state index contributed by atoms with van der Waals surface area (Å²) in [5.74, 6) is 0.896. The molecule has 1 heterocycles. The molecule has 0 saturated carbocycles. The van der Waals surface area contributed by atoms with Crippen LogP contribution >= 0.6 is 0 Å². The highest BCUT2D eigenvalue weighted by atomic mass is 32.2. The molecule has 1 fully saturated rings. The number of piperazine rings is 1. The van der Waals surface area contributed by atoms with Crippen molar-refractivity contribution < 1.29 is 17.9 Å². The van der Waals surface area contributed by atoms with Gasteiger partial charge in [0.05, 0.1) is 6.61 Å². The van der Waals surface area contributed by atoms with Crippen molar-refractivity contribution in [2.45, 2.75) is 19.8 Å². The van der Waals surface area contributed by atoms with Crippen molar-refractivity contribution in [2.24, 2.45) is 0 Å². The van der Waals surface area contributed by atoms with Gasteiger partial charge in [0.15, 0.2) is 0 Å². The van der Waals surface area contributed by atoms with E-state index in [0.717, 1.165) is 11.3 Å². The SMILES string of the molecule is Cc1ccccc1OCCCC(=O)N1CCN(S(=O)(=O)N(C)C)CC1. The molecule has 1 amide bonds. The lowest BCUT2D eigenvalue weighted by molar-refractivity contribution is -0.132. The number of aryl methyl sites for hydroxylation is 1. The van der Waals surface area contributed by atoms with Crippen LogP contribution in [0.15, 0.2) is 24.3 Å². The summed E-state index contributed by atoms with van der Waals surface area (Å²) in [6, 6.07) is 7.79. The minimum atomic E-state index is -3.40. The van der Waals surface area contributed by atoms with E-state index in [-0.39, 0.29) is 5.91 Å². The van der Waals surface area contributed by atoms with Gasteiger partial charge >= 0.3 is 0 Å². The summed E-state index contributed by atoms with van der Waals surface area (Å²) in [6.07, 6.45) is 1.05. The smallest absolute Gasteiger partial charge is 0.281 e. The number of benzene rings is 1. The molecule has 1 aliphatic heterocycles. The fraction of sp³-hybridized carbons (Fsp3) is 0.588. The van der Waals surface area contributed by atoms with Gasteiger partial charge < -0.3 is 9.64 Å². The van der Waals surface area contributed by atoms with Gasteiger partial charge in [-0.1, -0.05) is 18.2 Å². The molecule has 2 rings (SSSR count). The molecule has 0 unspecified atom stereocenters. The Hall–Kier alpha value is -1.64. The summed E-state index contributed by atoms with van der Waals surface area (Å²) in [5, 5.41) is 0. The van der Waals surface area contributed by atoms with Crippen molar-refractivity contribution in [3.63, 3.8) is 0 Å². The Bertz CT molecular complexity index is 683. The molecule has 1 aromatic rings. The van der Waals surface area contributed by atoms with Crippen molar-refractivity contribution in [3.05, 3.63) is 29.8 Å². The average Bonchev–Trinajstić information content (AvgIpc) is 2.60. The van der Waals surface area contributed by atoms with Gasteiger partial charge in [0.1, 0.15) is 5.75 Å². The summed E-state index contributed by atoms with van der Waals surface area (Å²) in [7, 11) is -0.366. The summed E-state index contributed by atoms with van der Waals surface area (Å²) < 4.78 is 32.4. The molecule has 7 nitrogen and oxygen atoms in total. The van der Waals surface area contributed by atoms with Gasteiger partial charge in [-0.05, 0) is 25.0 Å². The molecule has 1 aromatic carbocycles. The van der Waals surface area contributed by atoms with Gasteiger partial charge in [-0.3, -0.25) is 4.79 Å². The van der Waals surface area contributed by atoms with E-state index in [0.29, 0.717) is 45.6 Å². The molecular formula is C17H27N3O4S. The predicted molar refractivity (Wildman–Crippen MR) is 96.7 cm³/mol. The van der Waals surface area contributed by atoms with Gasteiger partial charge in [0, 0.05) is 46.7 Å². The molecule has 1 aliphatic rings. The third kappa shape index (κ3) is 5.17. The third-order valence-corrected chi connectivity index (χ3v) is 6.21. The summed E-state index contributed by atoms with van der Waals surface area (Å²) in [4.78, 5) is 14.0. The summed E-state index contributed by atoms with van der Waals surface area (Å²) in [6.45, 7) is 4.03. The molecule has 0 radical (unpaired) electrons. The molecule has 0 bridgehead atoms. The standard InChI is InChI=1S/C17H27N3O4S/c1-15-7-4-5-8-16(15)24-14-6-9-17(21)19-10-12-20(13-11-19)25(22,23)18(2)3/h4-5,7-8H,6,9-14H2,1-3H3. The van der Waals surface area contributed by atoms with Crippen molar-refractivity contribution in [1.82, 2.24) is 13.5 Å². The monoisotopic (exact) mass is 369 g/mol. The van der Waals surface area contributed by atoms with Gasteiger partial charge in [0.25, 0.3) is 10.2 Å². The molecular weight excluding hydrogens is 342 g/mol. The number of ether oxygens (including phenoxy) is 1. The number of carbonyl (C=O) groups is 1. The van der Waals surface area contributed by atoms with Crippen LogP contribution in [0.4, 0.5) is 0 Å². The van der Waals surface area contributed by atoms with Crippen molar-refractivity contribution in [3.8, 4) is 5.75 Å². The highest BCUT2D eigenvalue weighted by Crippen LogP contribution is 2.17. The summed E-state index contributed by atoms with van der Waals surface area (Å²) in [5.41, 5.74) is 1.08. The van der Waals surface area contributed by atoms with E-state index < -0.39 is 10.2 Å². The number of carbonyl (C=O) groups excluding carboxylic acids is 1. The highest BCUT2D eigenvalue weighted by Gasteiger charge is 2.29. The Kier molecular flexibility index (Phi) is 6.80. The van der Waals surface area contributed by atoms with Crippen LogP contribution < -0.4 is 4.74 Å². The topological polar surface area (TPSA) is 70.2 Å². The molecule has 8 heteroatoms. The Balaban J connectivity index is 1.72. The molecule has 0 aromatic heterocycles. The van der Waals surface area contributed by atoms with Crippen LogP contribution in [0, 0.1) is 6.92 Å². The molecule has 25 heavy (non-hydrogen) atoms. The second-order valence-corrected chi connectivity index (χ2v) is 8.43. The Morgan fingerprint density at radius 1 is 1.16 bits per heavy atom. The maximum Gasteiger partial charge on any atom is 0.281 e. The zero-order valence-corrected chi connectivity index (χ0v) is 16.0. The maximum atomic E-state index is 12.3. The van der Waals surface area contributed by atoms with Crippen LogP contribution in [0.3, 0.4) is 0 Å². The van der Waals surface area contributed by atoms with E-state index in [4.69, 9.17) is 4.74 Å². The number of para-hydroxylation sites is 1. The van der Waals surface area contributed by atoms with E-state index in [1.807, 2.05) is 31.2 Å². The minimum absolute atomic E-state index is 0.0512. The first-order valence-electron chi connectivity index (χ1n) is 8.46. The van der Waals surface area contributed by atoms with Gasteiger partial charge in [-0.25, -0.2) is 0 Å². The second-order valence-electron chi connectivity index (χ2n) is 6.29. The predicted octanol–water partition coefficient (Wildman–Crippen LogP) is 1.10. The van der Waals surface area contributed by atoms with E-state index in [1.54, 1.807) is 4.90 Å². The van der Waals surface area contributed by atoms with Crippen LogP contribution in [0.2, 0.25) is 0 Å². The lowest BCUT2D eigenvalue weighted by atomic mass is 10.2. The fourth-order valence-electron chi connectivity index (χ4n) is 2.68. The molecule has 0 N–H and O–H groups in total. The van der Waals surface area contributed by atoms with E-state index in [1.165, 1.54) is 22.7 Å². The zero-order valence-electron chi connectivity index (χ0n) is 15.1. The average molecular weight is 369 g/mol. The molecule has 0 atom stereocenters. The van der Waals surface area contributed by atoms with Gasteiger partial charge in [-0.2, -0.15) is 17.0 Å². The van der Waals surface area contributed by atoms with Gasteiger partial charge in [-0.15, -0.1) is 0 Å². The number of hydrogen-bond donors (Lipinski definition) is 0. The van der Waals surface area contributed by atoms with Crippen molar-refractivity contribution in [1.29, 1.82) is 0 Å². The van der Waals surface area contributed by atoms with Gasteiger partial charge in [0.2, 0.25) is 5.91 Å². The second kappa shape index (κ2) is 8.64. The Morgan fingerprint density at radius 3 is 2.40 bits per heavy atom. The normalized spacial score (nSPS) is 16.2. The van der Waals surface area contributed by atoms with Crippen LogP contribution in [-0.2, 0) is 15.0 Å². The van der Waals surface area contributed by atoms with Crippen LogP contribution in [0.25, 0.3) is 0 Å². The first-order chi connectivity index (χ1) is 11.8. The maximum absolute atomic E-state index is 12.3. The number of rotatable bonds is 7. The first kappa shape index (κ1) is 19.7. The van der Waals surface area contributed by atoms with Crippen molar-refractivity contribution in [2.75, 3.05) is 46.9 Å². The zero-order chi connectivity index (χ0) is 18.4. The van der Waals surface area contributed by atoms with E-state index in [9.17, 15) is 13.2 Å². The summed E-state index contributed by atoms with van der Waals surface area (Å²) >= 11 is 0. The van der Waals surface area contributed by atoms with E-state index in [2.05, 4.69) is 0 Å². The fourth-order valence-corrected chi connectivity index (χ4v) is 3.77. The van der Waals surface area contributed by atoms with E-state index >= 15 is 0 Å². The van der Waals surface area contributed by atoms with Crippen molar-refractivity contribution >= 4 is 16.1 Å². The van der Waals surface area contributed by atoms with Crippen LogP contribution in [0.5, 0.6) is 5.75 Å². The first-order valence-corrected chi connectivity index (χ1v) is 9.86. The highest BCUT2D eigenvalue weighted by molar-refractivity contribution is 7.86. The number of nitrogens with zero attached hydrogens (tertiary/aromatic N) is 3. The third-order valence-electron chi connectivity index (χ3n) is 4.27. The number of hydrogen-bond acceptors (Lipinski definition) is 4. The Labute approximate surface area is 150 Å². The lowest BCUT2D eigenvalue weighted by Crippen LogP contribution is -2.53. The van der Waals surface area contributed by atoms with Crippen LogP contribution in [0.1, 0.15) is 18.4 Å². The quantitative estimate of drug-likeness (QED) is 0.675.